The molecular weight excluding hydrogens is 524 g/mol. The van der Waals surface area contributed by atoms with Crippen LogP contribution in [-0.2, 0) is 13.0 Å². The van der Waals surface area contributed by atoms with Gasteiger partial charge in [-0.2, -0.15) is 0 Å². The Morgan fingerprint density at radius 2 is 1.77 bits per heavy atom. The Bertz CT molecular complexity index is 1730. The quantitative estimate of drug-likeness (QED) is 0.379. The molecule has 2 aromatic carbocycles. The molecule has 2 aliphatic rings. The number of benzene rings is 2. The SMILES string of the molecule is Cc1oc(=O)oc1COc1c2n(ccc1=O)N1[C@@H](c3ccccc3)c3cc(F)c(F)cc3CCC[C@@H]1N(C)C2=O. The number of ether oxygens (including phenoxy) is 1. The van der Waals surface area contributed by atoms with Gasteiger partial charge in [0.2, 0.25) is 5.43 Å². The van der Waals surface area contributed by atoms with Gasteiger partial charge in [-0.25, -0.2) is 13.6 Å². The zero-order valence-electron chi connectivity index (χ0n) is 21.7. The van der Waals surface area contributed by atoms with Crippen LogP contribution in [0.2, 0.25) is 0 Å². The summed E-state index contributed by atoms with van der Waals surface area (Å²) in [6.07, 6.45) is 2.66. The third-order valence-corrected chi connectivity index (χ3v) is 7.51. The fraction of sp³-hybridized carbons (Fsp3) is 0.276. The van der Waals surface area contributed by atoms with Gasteiger partial charge in [0.15, 0.2) is 34.6 Å². The fourth-order valence-corrected chi connectivity index (χ4v) is 5.59. The summed E-state index contributed by atoms with van der Waals surface area (Å²) in [6, 6.07) is 12.4. The molecule has 0 radical (unpaired) electrons. The maximum atomic E-state index is 14.7. The van der Waals surface area contributed by atoms with E-state index in [4.69, 9.17) is 13.6 Å². The van der Waals surface area contributed by atoms with Gasteiger partial charge in [0, 0.05) is 19.3 Å². The molecule has 4 aromatic rings. The number of rotatable bonds is 4. The number of amides is 1. The van der Waals surface area contributed by atoms with Gasteiger partial charge in [-0.3, -0.25) is 19.3 Å². The number of hydrogen-bond donors (Lipinski definition) is 0. The molecule has 0 bridgehead atoms. The Morgan fingerprint density at radius 3 is 2.50 bits per heavy atom. The molecule has 2 atom stereocenters. The summed E-state index contributed by atoms with van der Waals surface area (Å²) in [4.78, 5) is 39.8. The molecule has 0 fully saturated rings. The molecule has 0 spiro atoms. The summed E-state index contributed by atoms with van der Waals surface area (Å²) in [5, 5.41) is 1.90. The highest BCUT2D eigenvalue weighted by Gasteiger charge is 2.43. The van der Waals surface area contributed by atoms with Crippen LogP contribution in [0.15, 0.2) is 73.2 Å². The van der Waals surface area contributed by atoms with Crippen molar-refractivity contribution in [2.75, 3.05) is 12.1 Å². The molecule has 1 amide bonds. The van der Waals surface area contributed by atoms with Gasteiger partial charge in [-0.05, 0) is 55.0 Å². The molecular formula is C29H25F2N3O6. The highest BCUT2D eigenvalue weighted by Crippen LogP contribution is 2.39. The largest absolute Gasteiger partial charge is 0.519 e. The molecule has 0 unspecified atom stereocenters. The van der Waals surface area contributed by atoms with E-state index in [1.807, 2.05) is 35.3 Å². The summed E-state index contributed by atoms with van der Waals surface area (Å²) in [6.45, 7) is 1.20. The van der Waals surface area contributed by atoms with Crippen molar-refractivity contribution in [2.24, 2.45) is 0 Å². The zero-order valence-corrected chi connectivity index (χ0v) is 21.7. The third-order valence-electron chi connectivity index (χ3n) is 7.51. The van der Waals surface area contributed by atoms with E-state index >= 15 is 0 Å². The van der Waals surface area contributed by atoms with Crippen LogP contribution in [0.3, 0.4) is 0 Å². The van der Waals surface area contributed by atoms with Gasteiger partial charge in [0.25, 0.3) is 5.91 Å². The van der Waals surface area contributed by atoms with Crippen LogP contribution in [0.4, 0.5) is 8.78 Å². The average Bonchev–Trinajstić information content (AvgIpc) is 3.26. The average molecular weight is 550 g/mol. The molecule has 40 heavy (non-hydrogen) atoms. The molecule has 2 aliphatic heterocycles. The molecule has 2 aromatic heterocycles. The van der Waals surface area contributed by atoms with Crippen LogP contribution >= 0.6 is 0 Å². The minimum Gasteiger partial charge on any atom is -0.479 e. The number of aryl methyl sites for hydroxylation is 2. The van der Waals surface area contributed by atoms with Crippen molar-refractivity contribution in [1.82, 2.24) is 9.58 Å². The summed E-state index contributed by atoms with van der Waals surface area (Å²) in [5.41, 5.74) is 1.41. The fourth-order valence-electron chi connectivity index (χ4n) is 5.59. The molecule has 0 aliphatic carbocycles. The Labute approximate surface area is 226 Å². The first-order valence-corrected chi connectivity index (χ1v) is 12.8. The smallest absolute Gasteiger partial charge is 0.479 e. The normalized spacial score (nSPS) is 18.4. The second-order valence-electron chi connectivity index (χ2n) is 9.87. The van der Waals surface area contributed by atoms with Gasteiger partial charge >= 0.3 is 5.82 Å². The second kappa shape index (κ2) is 9.82. The highest BCUT2D eigenvalue weighted by atomic mass is 19.2. The molecule has 9 nitrogen and oxygen atoms in total. The van der Waals surface area contributed by atoms with E-state index in [9.17, 15) is 23.2 Å². The molecule has 0 saturated carbocycles. The van der Waals surface area contributed by atoms with Crippen molar-refractivity contribution in [2.45, 2.75) is 45.0 Å². The van der Waals surface area contributed by atoms with E-state index in [0.29, 0.717) is 30.4 Å². The van der Waals surface area contributed by atoms with E-state index in [1.54, 1.807) is 11.7 Å². The summed E-state index contributed by atoms with van der Waals surface area (Å²) in [7, 11) is 1.64. The summed E-state index contributed by atoms with van der Waals surface area (Å²) < 4.78 is 46.3. The molecule has 0 saturated heterocycles. The predicted octanol–water partition coefficient (Wildman–Crippen LogP) is 4.04. The van der Waals surface area contributed by atoms with Gasteiger partial charge < -0.3 is 18.5 Å². The standard InChI is InChI=1S/C29H25F2N3O6/c1-16-23(40-29(37)39-16)15-38-27-22(35)11-12-33-26(27)28(36)32(2)24-10-6-9-18-13-20(30)21(31)14-19(18)25(34(24)33)17-7-4-3-5-8-17/h3-5,7-8,11-14,24-25H,6,9-10,15H2,1-2H3/t24-,25+/m1/s1. The van der Waals surface area contributed by atoms with Gasteiger partial charge in [-0.1, -0.05) is 30.3 Å². The van der Waals surface area contributed by atoms with Gasteiger partial charge in [-0.15, -0.1) is 0 Å². The topological polar surface area (TPSA) is 98.1 Å². The molecule has 206 valence electrons. The first-order chi connectivity index (χ1) is 19.2. The number of pyridine rings is 1. The number of fused-ring (bicyclic) bond motifs is 4. The Morgan fingerprint density at radius 1 is 1.02 bits per heavy atom. The lowest BCUT2D eigenvalue weighted by atomic mass is 9.88. The molecule has 11 heteroatoms. The monoisotopic (exact) mass is 549 g/mol. The van der Waals surface area contributed by atoms with E-state index in [1.165, 1.54) is 36.2 Å². The molecule has 0 N–H and O–H groups in total. The molecule has 4 heterocycles. The Balaban J connectivity index is 1.56. The maximum Gasteiger partial charge on any atom is 0.519 e. The number of nitrogens with zero attached hydrogens (tertiary/aromatic N) is 3. The second-order valence-corrected chi connectivity index (χ2v) is 9.87. The van der Waals surface area contributed by atoms with Crippen LogP contribution in [0, 0.1) is 18.6 Å². The van der Waals surface area contributed by atoms with Gasteiger partial charge in [0.1, 0.15) is 12.8 Å². The number of aromatic nitrogens is 1. The van der Waals surface area contributed by atoms with Crippen molar-refractivity contribution in [3.05, 3.63) is 121 Å². The van der Waals surface area contributed by atoms with Crippen LogP contribution in [0.1, 0.15) is 57.6 Å². The van der Waals surface area contributed by atoms with Crippen LogP contribution in [-0.4, -0.2) is 28.7 Å². The van der Waals surface area contributed by atoms with E-state index < -0.39 is 41.0 Å². The zero-order chi connectivity index (χ0) is 28.1. The lowest BCUT2D eigenvalue weighted by Gasteiger charge is -2.50. The van der Waals surface area contributed by atoms with Crippen LogP contribution in [0.5, 0.6) is 5.75 Å². The number of carbonyl (C=O) groups is 1. The Hall–Kier alpha value is -4.67. The minimum absolute atomic E-state index is 0.0413. The first-order valence-electron chi connectivity index (χ1n) is 12.8. The number of halogens is 2. The van der Waals surface area contributed by atoms with Gasteiger partial charge in [0.05, 0.1) is 6.04 Å². The van der Waals surface area contributed by atoms with Crippen molar-refractivity contribution < 1.29 is 27.1 Å². The summed E-state index contributed by atoms with van der Waals surface area (Å²) in [5.74, 6) is -3.21. The highest BCUT2D eigenvalue weighted by molar-refractivity contribution is 5.96. The van der Waals surface area contributed by atoms with Crippen molar-refractivity contribution in [3.63, 3.8) is 0 Å². The summed E-state index contributed by atoms with van der Waals surface area (Å²) >= 11 is 0. The molecule has 6 rings (SSSR count). The van der Waals surface area contributed by atoms with Crippen molar-refractivity contribution >= 4 is 5.91 Å². The van der Waals surface area contributed by atoms with Crippen LogP contribution < -0.4 is 21.0 Å². The van der Waals surface area contributed by atoms with Crippen molar-refractivity contribution in [3.8, 4) is 5.75 Å². The third kappa shape index (κ3) is 4.18. The lowest BCUT2D eigenvalue weighted by Crippen LogP contribution is -2.61. The minimum atomic E-state index is -0.973. The van der Waals surface area contributed by atoms with E-state index in [0.717, 1.165) is 5.56 Å². The lowest BCUT2D eigenvalue weighted by molar-refractivity contribution is 0.0595. The first kappa shape index (κ1) is 25.6. The number of hydrogen-bond acceptors (Lipinski definition) is 7. The Kier molecular flexibility index (Phi) is 6.28. The maximum absolute atomic E-state index is 14.7. The van der Waals surface area contributed by atoms with E-state index in [-0.39, 0.29) is 29.6 Å². The van der Waals surface area contributed by atoms with Crippen molar-refractivity contribution in [1.29, 1.82) is 0 Å². The number of carbonyl (C=O) groups excluding carboxylic acids is 1. The van der Waals surface area contributed by atoms with Crippen LogP contribution in [0.25, 0.3) is 0 Å². The van der Waals surface area contributed by atoms with E-state index in [2.05, 4.69) is 0 Å². The predicted molar refractivity (Wildman–Crippen MR) is 139 cm³/mol.